The average Bonchev–Trinajstić information content (AvgIpc) is 2.12. The van der Waals surface area contributed by atoms with Crippen molar-refractivity contribution in [1.29, 1.82) is 0 Å². The third-order valence-electron chi connectivity index (χ3n) is 2.07. The molecule has 5 heteroatoms. The lowest BCUT2D eigenvalue weighted by molar-refractivity contribution is -0.168. The highest BCUT2D eigenvalue weighted by Crippen LogP contribution is 2.09. The minimum absolute atomic E-state index is 0.131. The Kier molecular flexibility index (Phi) is 3.25. The summed E-state index contributed by atoms with van der Waals surface area (Å²) in [5, 5.41) is 0. The van der Waals surface area contributed by atoms with Crippen LogP contribution in [0.5, 0.6) is 0 Å². The molecule has 1 saturated heterocycles. The molecule has 1 aliphatic rings. The highest BCUT2D eigenvalue weighted by atomic mass is 16.5. The molecule has 0 aromatic rings. The van der Waals surface area contributed by atoms with E-state index in [1.165, 1.54) is 4.90 Å². The fourth-order valence-corrected chi connectivity index (χ4v) is 1.26. The maximum absolute atomic E-state index is 11.3. The van der Waals surface area contributed by atoms with Crippen LogP contribution in [0.2, 0.25) is 0 Å². The van der Waals surface area contributed by atoms with Crippen molar-refractivity contribution in [2.45, 2.75) is 19.4 Å². The number of ether oxygens (including phenoxy) is 1. The Morgan fingerprint density at radius 3 is 2.92 bits per heavy atom. The highest BCUT2D eigenvalue weighted by Gasteiger charge is 2.31. The molecule has 0 spiro atoms. The van der Waals surface area contributed by atoms with Gasteiger partial charge < -0.3 is 15.4 Å². The van der Waals surface area contributed by atoms with Crippen molar-refractivity contribution >= 4 is 11.9 Å². The zero-order chi connectivity index (χ0) is 9.84. The minimum atomic E-state index is -0.465. The average molecular weight is 186 g/mol. The molecule has 74 valence electrons. The van der Waals surface area contributed by atoms with E-state index < -0.39 is 6.04 Å². The molecule has 13 heavy (non-hydrogen) atoms. The number of morpholine rings is 1. The second-order valence-corrected chi connectivity index (χ2v) is 3.01. The van der Waals surface area contributed by atoms with Crippen molar-refractivity contribution in [2.75, 3.05) is 19.7 Å². The van der Waals surface area contributed by atoms with Gasteiger partial charge in [-0.2, -0.15) is 0 Å². The molecule has 1 heterocycles. The number of amides is 1. The van der Waals surface area contributed by atoms with Crippen molar-refractivity contribution in [3.63, 3.8) is 0 Å². The van der Waals surface area contributed by atoms with Crippen LogP contribution in [0.15, 0.2) is 0 Å². The predicted octanol–water partition coefficient (Wildman–Crippen LogP) is -0.891. The molecule has 1 amide bonds. The van der Waals surface area contributed by atoms with E-state index in [0.29, 0.717) is 19.5 Å². The van der Waals surface area contributed by atoms with E-state index in [0.717, 1.165) is 0 Å². The highest BCUT2D eigenvalue weighted by molar-refractivity contribution is 5.90. The number of rotatable bonds is 3. The number of esters is 1. The normalized spacial score (nSPS) is 23.2. The van der Waals surface area contributed by atoms with Crippen LogP contribution in [0.1, 0.15) is 13.3 Å². The third-order valence-corrected chi connectivity index (χ3v) is 2.07. The summed E-state index contributed by atoms with van der Waals surface area (Å²) in [6.45, 7) is 2.58. The molecular formula is C8H14N2O3. The van der Waals surface area contributed by atoms with E-state index in [9.17, 15) is 9.59 Å². The molecule has 0 bridgehead atoms. The number of hydrogen-bond donors (Lipinski definition) is 1. The standard InChI is InChI=1S/C8H14N2O3/c1-6-8(12)13-5-7(11)10(6)4-2-3-9/h6H,2-5,9H2,1H3. The number of cyclic esters (lactones) is 1. The van der Waals surface area contributed by atoms with Crippen LogP contribution in [0.4, 0.5) is 0 Å². The van der Waals surface area contributed by atoms with Gasteiger partial charge in [0.05, 0.1) is 0 Å². The van der Waals surface area contributed by atoms with Gasteiger partial charge in [-0.15, -0.1) is 0 Å². The smallest absolute Gasteiger partial charge is 0.329 e. The first-order valence-electron chi connectivity index (χ1n) is 4.33. The molecule has 5 nitrogen and oxygen atoms in total. The number of carbonyl (C=O) groups is 2. The van der Waals surface area contributed by atoms with E-state index in [1.54, 1.807) is 6.92 Å². The lowest BCUT2D eigenvalue weighted by atomic mass is 10.2. The number of hydrogen-bond acceptors (Lipinski definition) is 4. The Hall–Kier alpha value is -1.10. The molecule has 1 unspecified atom stereocenters. The fraction of sp³-hybridized carbons (Fsp3) is 0.750. The molecule has 1 rings (SSSR count). The summed E-state index contributed by atoms with van der Waals surface area (Å²) in [5.74, 6) is -0.475. The quantitative estimate of drug-likeness (QED) is 0.580. The topological polar surface area (TPSA) is 72.6 Å². The van der Waals surface area contributed by atoms with Gasteiger partial charge in [-0.3, -0.25) is 4.79 Å². The van der Waals surface area contributed by atoms with Gasteiger partial charge in [-0.05, 0) is 19.9 Å². The van der Waals surface area contributed by atoms with Crippen LogP contribution in [0, 0.1) is 0 Å². The van der Waals surface area contributed by atoms with Crippen LogP contribution in [-0.4, -0.2) is 42.5 Å². The van der Waals surface area contributed by atoms with Gasteiger partial charge in [-0.25, -0.2) is 4.79 Å². The summed E-state index contributed by atoms with van der Waals surface area (Å²) < 4.78 is 4.65. The summed E-state index contributed by atoms with van der Waals surface area (Å²) in [4.78, 5) is 23.8. The summed E-state index contributed by atoms with van der Waals surface area (Å²) in [7, 11) is 0. The van der Waals surface area contributed by atoms with Crippen LogP contribution < -0.4 is 5.73 Å². The summed E-state index contributed by atoms with van der Waals surface area (Å²) >= 11 is 0. The van der Waals surface area contributed by atoms with Gasteiger partial charge in [-0.1, -0.05) is 0 Å². The summed E-state index contributed by atoms with van der Waals surface area (Å²) in [6.07, 6.45) is 0.712. The van der Waals surface area contributed by atoms with E-state index in [1.807, 2.05) is 0 Å². The molecule has 0 radical (unpaired) electrons. The zero-order valence-electron chi connectivity index (χ0n) is 7.66. The van der Waals surface area contributed by atoms with Gasteiger partial charge in [0.1, 0.15) is 6.04 Å². The van der Waals surface area contributed by atoms with Gasteiger partial charge in [0, 0.05) is 6.54 Å². The SMILES string of the molecule is CC1C(=O)OCC(=O)N1CCCN. The van der Waals surface area contributed by atoms with E-state index in [2.05, 4.69) is 4.74 Å². The van der Waals surface area contributed by atoms with Gasteiger partial charge in [0.15, 0.2) is 6.61 Å². The van der Waals surface area contributed by atoms with Crippen molar-refractivity contribution in [3.8, 4) is 0 Å². The molecule has 1 atom stereocenters. The lowest BCUT2D eigenvalue weighted by Gasteiger charge is -2.31. The fourth-order valence-electron chi connectivity index (χ4n) is 1.26. The van der Waals surface area contributed by atoms with Crippen molar-refractivity contribution in [3.05, 3.63) is 0 Å². The van der Waals surface area contributed by atoms with E-state index in [-0.39, 0.29) is 18.5 Å². The second kappa shape index (κ2) is 4.23. The molecule has 1 aliphatic heterocycles. The second-order valence-electron chi connectivity index (χ2n) is 3.01. The van der Waals surface area contributed by atoms with Gasteiger partial charge in [0.25, 0.3) is 5.91 Å². The molecule has 0 saturated carbocycles. The van der Waals surface area contributed by atoms with Crippen LogP contribution in [0.3, 0.4) is 0 Å². The number of nitrogens with two attached hydrogens (primary N) is 1. The van der Waals surface area contributed by atoms with Crippen LogP contribution >= 0.6 is 0 Å². The Morgan fingerprint density at radius 2 is 2.31 bits per heavy atom. The van der Waals surface area contributed by atoms with Gasteiger partial charge >= 0.3 is 5.97 Å². The first-order valence-corrected chi connectivity index (χ1v) is 4.33. The third kappa shape index (κ3) is 2.18. The number of nitrogens with zero attached hydrogens (tertiary/aromatic N) is 1. The maximum atomic E-state index is 11.3. The Bertz CT molecular complexity index is 217. The number of carbonyl (C=O) groups excluding carboxylic acids is 2. The minimum Gasteiger partial charge on any atom is -0.454 e. The van der Waals surface area contributed by atoms with Crippen molar-refractivity contribution < 1.29 is 14.3 Å². The molecular weight excluding hydrogens is 172 g/mol. The van der Waals surface area contributed by atoms with Crippen LogP contribution in [-0.2, 0) is 14.3 Å². The Balaban J connectivity index is 2.55. The van der Waals surface area contributed by atoms with Crippen molar-refractivity contribution in [2.24, 2.45) is 5.73 Å². The monoisotopic (exact) mass is 186 g/mol. The summed E-state index contributed by atoms with van der Waals surface area (Å²) in [6, 6.07) is -0.465. The predicted molar refractivity (Wildman–Crippen MR) is 45.8 cm³/mol. The van der Waals surface area contributed by atoms with Crippen molar-refractivity contribution in [1.82, 2.24) is 4.90 Å². The molecule has 1 fully saturated rings. The molecule has 2 N–H and O–H groups in total. The Morgan fingerprint density at radius 1 is 1.62 bits per heavy atom. The zero-order valence-corrected chi connectivity index (χ0v) is 7.66. The van der Waals surface area contributed by atoms with Gasteiger partial charge in [0.2, 0.25) is 0 Å². The van der Waals surface area contributed by atoms with E-state index >= 15 is 0 Å². The summed E-state index contributed by atoms with van der Waals surface area (Å²) in [5.41, 5.74) is 5.32. The lowest BCUT2D eigenvalue weighted by Crippen LogP contribution is -2.51. The molecule has 0 aliphatic carbocycles. The van der Waals surface area contributed by atoms with E-state index in [4.69, 9.17) is 5.73 Å². The van der Waals surface area contributed by atoms with Crippen LogP contribution in [0.25, 0.3) is 0 Å². The first-order chi connectivity index (χ1) is 6.16. The maximum Gasteiger partial charge on any atom is 0.329 e. The first kappa shape index (κ1) is 9.98. The molecule has 0 aromatic carbocycles. The molecule has 0 aromatic heterocycles. The Labute approximate surface area is 76.8 Å². The largest absolute Gasteiger partial charge is 0.454 e.